The third-order valence-electron chi connectivity index (χ3n) is 3.89. The summed E-state index contributed by atoms with van der Waals surface area (Å²) in [5.74, 6) is 0.206. The lowest BCUT2D eigenvalue weighted by molar-refractivity contribution is -0.119. The van der Waals surface area contributed by atoms with Crippen molar-refractivity contribution in [2.45, 2.75) is 68.5 Å². The summed E-state index contributed by atoms with van der Waals surface area (Å²) in [6.45, 7) is 6.83. The molecule has 0 radical (unpaired) electrons. The number of aromatic nitrogens is 2. The maximum atomic E-state index is 12.2. The van der Waals surface area contributed by atoms with E-state index in [9.17, 15) is 9.59 Å². The van der Waals surface area contributed by atoms with Crippen molar-refractivity contribution in [3.8, 4) is 0 Å². The molecule has 7 nitrogen and oxygen atoms in total. The van der Waals surface area contributed by atoms with Crippen LogP contribution in [0, 0.1) is 5.92 Å². The molecule has 0 aromatic carbocycles. The van der Waals surface area contributed by atoms with Gasteiger partial charge in [-0.25, -0.2) is 4.79 Å². The Bertz CT molecular complexity index is 573. The van der Waals surface area contributed by atoms with Gasteiger partial charge >= 0.3 is 6.03 Å². The minimum absolute atomic E-state index is 0.183. The normalized spacial score (nSPS) is 16.5. The number of anilines is 1. The van der Waals surface area contributed by atoms with Crippen molar-refractivity contribution >= 4 is 40.2 Å². The Morgan fingerprint density at radius 2 is 1.92 bits per heavy atom. The first-order chi connectivity index (χ1) is 11.9. The highest BCUT2D eigenvalue weighted by Crippen LogP contribution is 2.29. The van der Waals surface area contributed by atoms with Crippen LogP contribution in [0.3, 0.4) is 0 Å². The van der Waals surface area contributed by atoms with E-state index in [1.165, 1.54) is 29.5 Å². The number of hydrogen-bond acceptors (Lipinski definition) is 7. The van der Waals surface area contributed by atoms with Crippen molar-refractivity contribution in [1.29, 1.82) is 0 Å². The predicted octanol–water partition coefficient (Wildman–Crippen LogP) is 3.25. The van der Waals surface area contributed by atoms with E-state index in [2.05, 4.69) is 40.0 Å². The first-order valence-electron chi connectivity index (χ1n) is 8.79. The van der Waals surface area contributed by atoms with E-state index >= 15 is 0 Å². The van der Waals surface area contributed by atoms with Gasteiger partial charge < -0.3 is 10.6 Å². The second-order valence-corrected chi connectivity index (χ2v) is 9.27. The fourth-order valence-corrected chi connectivity index (χ4v) is 4.41. The first-order valence-corrected chi connectivity index (χ1v) is 10.5. The lowest BCUT2D eigenvalue weighted by Crippen LogP contribution is -2.47. The van der Waals surface area contributed by atoms with Gasteiger partial charge in [0, 0.05) is 12.6 Å². The summed E-state index contributed by atoms with van der Waals surface area (Å²) in [6, 6.07) is -0.219. The summed E-state index contributed by atoms with van der Waals surface area (Å²) in [4.78, 5) is 24.1. The van der Waals surface area contributed by atoms with Gasteiger partial charge in [-0.2, -0.15) is 0 Å². The highest BCUT2D eigenvalue weighted by molar-refractivity contribution is 8.02. The molecule has 1 aliphatic rings. The quantitative estimate of drug-likeness (QED) is 0.624. The maximum Gasteiger partial charge on any atom is 0.321 e. The Labute approximate surface area is 157 Å². The van der Waals surface area contributed by atoms with Gasteiger partial charge in [0.05, 0.1) is 5.25 Å². The average Bonchev–Trinajstić information content (AvgIpc) is 3.01. The van der Waals surface area contributed by atoms with E-state index < -0.39 is 11.3 Å². The van der Waals surface area contributed by atoms with Gasteiger partial charge in [-0.05, 0) is 25.7 Å². The third-order valence-corrected chi connectivity index (χ3v) is 5.96. The molecule has 0 unspecified atom stereocenters. The van der Waals surface area contributed by atoms with Crippen LogP contribution in [0.15, 0.2) is 4.34 Å². The van der Waals surface area contributed by atoms with Crippen molar-refractivity contribution in [1.82, 2.24) is 20.8 Å². The van der Waals surface area contributed by atoms with Gasteiger partial charge in [0.1, 0.15) is 0 Å². The molecular weight excluding hydrogens is 358 g/mol. The van der Waals surface area contributed by atoms with E-state index in [-0.39, 0.29) is 11.9 Å². The second-order valence-electron chi connectivity index (χ2n) is 6.71. The van der Waals surface area contributed by atoms with Crippen LogP contribution in [0.4, 0.5) is 9.93 Å². The van der Waals surface area contributed by atoms with Crippen molar-refractivity contribution in [3.63, 3.8) is 0 Å². The topological polar surface area (TPSA) is 96.0 Å². The molecule has 3 N–H and O–H groups in total. The monoisotopic (exact) mass is 385 g/mol. The van der Waals surface area contributed by atoms with Crippen LogP contribution in [0.5, 0.6) is 0 Å². The van der Waals surface area contributed by atoms with Gasteiger partial charge in [-0.3, -0.25) is 10.1 Å². The number of rotatable bonds is 7. The molecule has 1 saturated carbocycles. The number of urea groups is 1. The van der Waals surface area contributed by atoms with Gasteiger partial charge in [-0.1, -0.05) is 56.2 Å². The highest BCUT2D eigenvalue weighted by Gasteiger charge is 2.21. The largest absolute Gasteiger partial charge is 0.360 e. The first kappa shape index (κ1) is 20.0. The molecular formula is C16H27N5O2S2. The Morgan fingerprint density at radius 3 is 2.60 bits per heavy atom. The number of nitrogens with one attached hydrogen (secondary N) is 3. The standard InChI is InChI=1S/C16H27N5O2S2/c1-10(2)9-17-15-20-21-16(25-15)24-11(3)13(22)19-14(23)18-12-7-5-4-6-8-12/h10-12H,4-9H2,1-3H3,(H,17,20)(H2,18,19,22,23)/t11-/m1/s1. The lowest BCUT2D eigenvalue weighted by atomic mass is 9.96. The van der Waals surface area contributed by atoms with Gasteiger partial charge in [0.15, 0.2) is 4.34 Å². The Morgan fingerprint density at radius 1 is 1.20 bits per heavy atom. The molecule has 1 heterocycles. The molecule has 0 aliphatic heterocycles. The zero-order valence-corrected chi connectivity index (χ0v) is 16.6. The molecule has 1 aromatic heterocycles. The maximum absolute atomic E-state index is 12.2. The number of imide groups is 1. The number of carbonyl (C=O) groups is 2. The molecule has 0 saturated heterocycles. The number of carbonyl (C=O) groups excluding carboxylic acids is 2. The van der Waals surface area contributed by atoms with Gasteiger partial charge in [0.2, 0.25) is 11.0 Å². The van der Waals surface area contributed by atoms with E-state index in [0.717, 1.165) is 37.4 Å². The molecule has 1 aromatic rings. The Kier molecular flexibility index (Phi) is 7.95. The highest BCUT2D eigenvalue weighted by atomic mass is 32.2. The number of amides is 3. The van der Waals surface area contributed by atoms with E-state index in [4.69, 9.17) is 0 Å². The van der Waals surface area contributed by atoms with Crippen molar-refractivity contribution in [3.05, 3.63) is 0 Å². The predicted molar refractivity (Wildman–Crippen MR) is 102 cm³/mol. The molecule has 0 bridgehead atoms. The minimum Gasteiger partial charge on any atom is -0.360 e. The van der Waals surface area contributed by atoms with E-state index in [0.29, 0.717) is 10.3 Å². The third kappa shape index (κ3) is 7.19. The van der Waals surface area contributed by atoms with E-state index in [1.54, 1.807) is 6.92 Å². The molecule has 0 spiro atoms. The molecule has 25 heavy (non-hydrogen) atoms. The minimum atomic E-state index is -0.414. The number of nitrogens with zero attached hydrogens (tertiary/aromatic N) is 2. The summed E-state index contributed by atoms with van der Waals surface area (Å²) in [5, 5.41) is 17.0. The average molecular weight is 386 g/mol. The summed E-state index contributed by atoms with van der Waals surface area (Å²) >= 11 is 2.72. The fraction of sp³-hybridized carbons (Fsp3) is 0.750. The molecule has 1 atom stereocenters. The molecule has 2 rings (SSSR count). The number of thioether (sulfide) groups is 1. The van der Waals surface area contributed by atoms with Crippen LogP contribution in [0.1, 0.15) is 52.9 Å². The molecule has 9 heteroatoms. The summed E-state index contributed by atoms with van der Waals surface area (Å²) in [5.41, 5.74) is 0. The molecule has 140 valence electrons. The molecule has 1 fully saturated rings. The SMILES string of the molecule is CC(C)CNc1nnc(S[C@H](C)C(=O)NC(=O)NC2CCCCC2)s1. The van der Waals surface area contributed by atoms with Crippen LogP contribution in [0.25, 0.3) is 0 Å². The van der Waals surface area contributed by atoms with Gasteiger partial charge in [-0.15, -0.1) is 10.2 Å². The van der Waals surface area contributed by atoms with Crippen molar-refractivity contribution in [2.24, 2.45) is 5.92 Å². The number of hydrogen-bond donors (Lipinski definition) is 3. The van der Waals surface area contributed by atoms with Crippen molar-refractivity contribution < 1.29 is 9.59 Å². The molecule has 3 amide bonds. The Balaban J connectivity index is 1.74. The summed E-state index contributed by atoms with van der Waals surface area (Å²) in [7, 11) is 0. The smallest absolute Gasteiger partial charge is 0.321 e. The summed E-state index contributed by atoms with van der Waals surface area (Å²) < 4.78 is 0.710. The Hall–Kier alpha value is -1.35. The van der Waals surface area contributed by atoms with Gasteiger partial charge in [0.25, 0.3) is 0 Å². The van der Waals surface area contributed by atoms with Crippen LogP contribution >= 0.6 is 23.1 Å². The zero-order chi connectivity index (χ0) is 18.2. The van der Waals surface area contributed by atoms with Crippen LogP contribution in [-0.4, -0.2) is 40.0 Å². The lowest BCUT2D eigenvalue weighted by Gasteiger charge is -2.22. The molecule has 1 aliphatic carbocycles. The van der Waals surface area contributed by atoms with Crippen LogP contribution in [-0.2, 0) is 4.79 Å². The van der Waals surface area contributed by atoms with Crippen LogP contribution < -0.4 is 16.0 Å². The van der Waals surface area contributed by atoms with Crippen molar-refractivity contribution in [2.75, 3.05) is 11.9 Å². The van der Waals surface area contributed by atoms with Crippen LogP contribution in [0.2, 0.25) is 0 Å². The van der Waals surface area contributed by atoms with E-state index in [1.807, 2.05) is 0 Å². The summed E-state index contributed by atoms with van der Waals surface area (Å²) in [6.07, 6.45) is 5.47. The fourth-order valence-electron chi connectivity index (χ4n) is 2.51. The second kappa shape index (κ2) is 9.96. The zero-order valence-electron chi connectivity index (χ0n) is 15.0.